The van der Waals surface area contributed by atoms with E-state index in [0.717, 1.165) is 5.82 Å². The van der Waals surface area contributed by atoms with Crippen LogP contribution in [-0.2, 0) is 13.6 Å². The number of hydrogen-bond acceptors (Lipinski definition) is 4. The third kappa shape index (κ3) is 2.15. The Kier molecular flexibility index (Phi) is 2.97. The van der Waals surface area contributed by atoms with Crippen LogP contribution in [0.15, 0.2) is 6.20 Å². The molecule has 2 N–H and O–H groups in total. The molecule has 6 heteroatoms. The molecule has 0 radical (unpaired) electrons. The van der Waals surface area contributed by atoms with Crippen molar-refractivity contribution in [1.82, 2.24) is 14.5 Å². The lowest BCUT2D eigenvalue weighted by molar-refractivity contribution is 0.0572. The molecule has 0 amide bonds. The second kappa shape index (κ2) is 4.09. The number of aromatic nitrogens is 2. The molecular weight excluding hydrogens is 218 g/mol. The molecule has 5 nitrogen and oxygen atoms in total. The van der Waals surface area contributed by atoms with Gasteiger partial charge in [0.25, 0.3) is 0 Å². The SMILES string of the molecule is Cn1c(Cl)cnc1CN1C[C@@H](O)[C@@H](O)C1. The van der Waals surface area contributed by atoms with E-state index >= 15 is 0 Å². The van der Waals surface area contributed by atoms with Crippen LogP contribution in [-0.4, -0.2) is 50.0 Å². The molecule has 1 aliphatic heterocycles. The molecule has 1 aliphatic rings. The van der Waals surface area contributed by atoms with Crippen LogP contribution in [0, 0.1) is 0 Å². The van der Waals surface area contributed by atoms with Crippen LogP contribution in [0.5, 0.6) is 0 Å². The molecule has 0 spiro atoms. The van der Waals surface area contributed by atoms with Crippen molar-refractivity contribution in [2.45, 2.75) is 18.8 Å². The van der Waals surface area contributed by atoms with Gasteiger partial charge in [-0.2, -0.15) is 0 Å². The third-order valence-corrected chi connectivity index (χ3v) is 3.08. The Morgan fingerprint density at radius 1 is 1.47 bits per heavy atom. The lowest BCUT2D eigenvalue weighted by Gasteiger charge is -2.14. The molecule has 0 bridgehead atoms. The zero-order valence-electron chi connectivity index (χ0n) is 8.47. The van der Waals surface area contributed by atoms with E-state index in [0.29, 0.717) is 24.8 Å². The highest BCUT2D eigenvalue weighted by atomic mass is 35.5. The lowest BCUT2D eigenvalue weighted by atomic mass is 10.3. The van der Waals surface area contributed by atoms with Crippen LogP contribution in [0.1, 0.15) is 5.82 Å². The predicted molar refractivity (Wildman–Crippen MR) is 55.5 cm³/mol. The average molecular weight is 232 g/mol. The van der Waals surface area contributed by atoms with Gasteiger partial charge in [-0.1, -0.05) is 11.6 Å². The van der Waals surface area contributed by atoms with E-state index in [-0.39, 0.29) is 0 Å². The van der Waals surface area contributed by atoms with Gasteiger partial charge in [-0.15, -0.1) is 0 Å². The van der Waals surface area contributed by atoms with E-state index in [2.05, 4.69) is 4.98 Å². The Morgan fingerprint density at radius 2 is 2.07 bits per heavy atom. The second-order valence-corrected chi connectivity index (χ2v) is 4.27. The van der Waals surface area contributed by atoms with Crippen molar-refractivity contribution in [1.29, 1.82) is 0 Å². The van der Waals surface area contributed by atoms with Crippen molar-refractivity contribution >= 4 is 11.6 Å². The summed E-state index contributed by atoms with van der Waals surface area (Å²) in [4.78, 5) is 6.11. The van der Waals surface area contributed by atoms with Crippen LogP contribution in [0.4, 0.5) is 0 Å². The fraction of sp³-hybridized carbons (Fsp3) is 0.667. The summed E-state index contributed by atoms with van der Waals surface area (Å²) in [7, 11) is 1.84. The number of nitrogens with zero attached hydrogens (tertiary/aromatic N) is 3. The van der Waals surface area contributed by atoms with Crippen LogP contribution < -0.4 is 0 Å². The molecule has 0 unspecified atom stereocenters. The number of rotatable bonds is 2. The Hall–Kier alpha value is -0.620. The minimum absolute atomic E-state index is 0.478. The summed E-state index contributed by atoms with van der Waals surface area (Å²) >= 11 is 5.86. The molecule has 84 valence electrons. The van der Waals surface area contributed by atoms with Gasteiger partial charge in [0.2, 0.25) is 0 Å². The first-order valence-electron chi connectivity index (χ1n) is 4.82. The molecule has 0 aliphatic carbocycles. The van der Waals surface area contributed by atoms with Crippen molar-refractivity contribution in [3.8, 4) is 0 Å². The van der Waals surface area contributed by atoms with E-state index in [4.69, 9.17) is 11.6 Å². The van der Waals surface area contributed by atoms with Gasteiger partial charge in [0.05, 0.1) is 24.9 Å². The van der Waals surface area contributed by atoms with Gasteiger partial charge in [-0.05, 0) is 0 Å². The normalized spacial score (nSPS) is 27.5. The summed E-state index contributed by atoms with van der Waals surface area (Å²) < 4.78 is 1.79. The van der Waals surface area contributed by atoms with Crippen LogP contribution in [0.25, 0.3) is 0 Å². The lowest BCUT2D eigenvalue weighted by Crippen LogP contribution is -2.23. The second-order valence-electron chi connectivity index (χ2n) is 3.88. The topological polar surface area (TPSA) is 61.5 Å². The van der Waals surface area contributed by atoms with Gasteiger partial charge >= 0.3 is 0 Å². The highest BCUT2D eigenvalue weighted by molar-refractivity contribution is 6.29. The Balaban J connectivity index is 2.01. The van der Waals surface area contributed by atoms with Crippen LogP contribution >= 0.6 is 11.6 Å². The van der Waals surface area contributed by atoms with Gasteiger partial charge in [0.1, 0.15) is 11.0 Å². The summed E-state index contributed by atoms with van der Waals surface area (Å²) in [5, 5.41) is 19.3. The maximum Gasteiger partial charge on any atom is 0.128 e. The number of aliphatic hydroxyl groups is 2. The highest BCUT2D eigenvalue weighted by Gasteiger charge is 2.29. The quantitative estimate of drug-likeness (QED) is 0.728. The molecule has 2 atom stereocenters. The van der Waals surface area contributed by atoms with E-state index in [1.165, 1.54) is 0 Å². The van der Waals surface area contributed by atoms with Crippen molar-refractivity contribution in [3.05, 3.63) is 17.2 Å². The van der Waals surface area contributed by atoms with Crippen molar-refractivity contribution < 1.29 is 10.2 Å². The first kappa shape index (κ1) is 10.9. The molecule has 0 aromatic carbocycles. The number of likely N-dealkylation sites (tertiary alicyclic amines) is 1. The molecule has 1 aromatic heterocycles. The summed E-state index contributed by atoms with van der Waals surface area (Å²) in [5.41, 5.74) is 0. The largest absolute Gasteiger partial charge is 0.389 e. The monoisotopic (exact) mass is 231 g/mol. The third-order valence-electron chi connectivity index (χ3n) is 2.73. The molecule has 2 heterocycles. The zero-order chi connectivity index (χ0) is 11.0. The van der Waals surface area contributed by atoms with Gasteiger partial charge in [0.15, 0.2) is 0 Å². The average Bonchev–Trinajstić information content (AvgIpc) is 2.65. The van der Waals surface area contributed by atoms with E-state index in [1.807, 2.05) is 11.9 Å². The smallest absolute Gasteiger partial charge is 0.128 e. The first-order valence-corrected chi connectivity index (χ1v) is 5.20. The zero-order valence-corrected chi connectivity index (χ0v) is 9.22. The Labute approximate surface area is 92.9 Å². The van der Waals surface area contributed by atoms with Gasteiger partial charge in [-0.25, -0.2) is 4.98 Å². The number of β-amino-alcohol motifs (C(OH)–C–C–N with tert-alkyl or cyclic N) is 2. The van der Waals surface area contributed by atoms with Crippen molar-refractivity contribution in [2.24, 2.45) is 7.05 Å². The van der Waals surface area contributed by atoms with E-state index < -0.39 is 12.2 Å². The number of hydrogen-bond donors (Lipinski definition) is 2. The Bertz CT molecular complexity index is 345. The number of halogens is 1. The molecule has 1 aromatic rings. The van der Waals surface area contributed by atoms with Crippen molar-refractivity contribution in [2.75, 3.05) is 13.1 Å². The summed E-state index contributed by atoms with van der Waals surface area (Å²) in [6.07, 6.45) is 0.293. The van der Waals surface area contributed by atoms with Gasteiger partial charge in [0, 0.05) is 20.1 Å². The molecule has 15 heavy (non-hydrogen) atoms. The standard InChI is InChI=1S/C9H14ClN3O2/c1-12-8(10)2-11-9(12)5-13-3-6(14)7(15)4-13/h2,6-7,14-15H,3-5H2,1H3/t6-,7+. The van der Waals surface area contributed by atoms with Crippen LogP contribution in [0.3, 0.4) is 0 Å². The fourth-order valence-electron chi connectivity index (χ4n) is 1.75. The van der Waals surface area contributed by atoms with Crippen LogP contribution in [0.2, 0.25) is 5.15 Å². The maximum atomic E-state index is 9.38. The fourth-order valence-corrected chi connectivity index (χ4v) is 1.89. The molecule has 1 saturated heterocycles. The minimum Gasteiger partial charge on any atom is -0.389 e. The minimum atomic E-state index is -0.652. The highest BCUT2D eigenvalue weighted by Crippen LogP contribution is 2.15. The molecular formula is C9H14ClN3O2. The number of imidazole rings is 1. The first-order chi connectivity index (χ1) is 7.08. The Morgan fingerprint density at radius 3 is 2.53 bits per heavy atom. The summed E-state index contributed by atoms with van der Waals surface area (Å²) in [5.74, 6) is 0.835. The molecule has 0 saturated carbocycles. The summed E-state index contributed by atoms with van der Waals surface area (Å²) in [6, 6.07) is 0. The predicted octanol–water partition coefficient (Wildman–Crippen LogP) is -0.389. The summed E-state index contributed by atoms with van der Waals surface area (Å²) in [6.45, 7) is 1.55. The van der Waals surface area contributed by atoms with E-state index in [9.17, 15) is 10.2 Å². The maximum absolute atomic E-state index is 9.38. The van der Waals surface area contributed by atoms with Crippen molar-refractivity contribution in [3.63, 3.8) is 0 Å². The van der Waals surface area contributed by atoms with E-state index in [1.54, 1.807) is 10.8 Å². The van der Waals surface area contributed by atoms with Gasteiger partial charge in [-0.3, -0.25) is 4.90 Å². The van der Waals surface area contributed by atoms with Gasteiger partial charge < -0.3 is 14.8 Å². The number of aliphatic hydroxyl groups excluding tert-OH is 2. The molecule has 1 fully saturated rings. The molecule has 2 rings (SSSR count).